The summed E-state index contributed by atoms with van der Waals surface area (Å²) in [4.78, 5) is 0. The maximum absolute atomic E-state index is 5.94. The van der Waals surface area contributed by atoms with Crippen LogP contribution in [0.2, 0.25) is 0 Å². The Kier molecular flexibility index (Phi) is 7.43. The average Bonchev–Trinajstić information content (AvgIpc) is 2.52. The van der Waals surface area contributed by atoms with Crippen LogP contribution in [0.5, 0.6) is 5.75 Å². The van der Waals surface area contributed by atoms with Crippen LogP contribution in [0, 0.1) is 0 Å². The number of hydrogen-bond donors (Lipinski definition) is 1. The van der Waals surface area contributed by atoms with Gasteiger partial charge in [-0.3, -0.25) is 0 Å². The standard InChI is InChI=1S/C18H21Br2NO/c1-2-3-9-21-12-15-10-16(19)18(17(20)11-15)22-13-14-7-5-4-6-8-14/h4-8,10-11,21H,2-3,9,12-13H2,1H3. The van der Waals surface area contributed by atoms with Crippen LogP contribution in [0.3, 0.4) is 0 Å². The molecule has 2 rings (SSSR count). The van der Waals surface area contributed by atoms with Gasteiger partial charge in [-0.15, -0.1) is 0 Å². The van der Waals surface area contributed by atoms with Crippen LogP contribution in [-0.4, -0.2) is 6.54 Å². The zero-order valence-electron chi connectivity index (χ0n) is 12.7. The fourth-order valence-corrected chi connectivity index (χ4v) is 3.63. The highest BCUT2D eigenvalue weighted by Gasteiger charge is 2.09. The van der Waals surface area contributed by atoms with Crippen molar-refractivity contribution in [2.75, 3.05) is 6.54 Å². The van der Waals surface area contributed by atoms with E-state index in [9.17, 15) is 0 Å². The molecule has 0 fully saturated rings. The quantitative estimate of drug-likeness (QED) is 0.548. The molecule has 0 atom stereocenters. The molecule has 0 bridgehead atoms. The van der Waals surface area contributed by atoms with E-state index in [0.29, 0.717) is 6.61 Å². The Balaban J connectivity index is 1.97. The summed E-state index contributed by atoms with van der Waals surface area (Å²) < 4.78 is 7.89. The second-order valence-corrected chi connectivity index (χ2v) is 6.90. The summed E-state index contributed by atoms with van der Waals surface area (Å²) in [7, 11) is 0. The van der Waals surface area contributed by atoms with Crippen molar-refractivity contribution in [2.45, 2.75) is 32.9 Å². The first-order valence-electron chi connectivity index (χ1n) is 7.56. The highest BCUT2D eigenvalue weighted by molar-refractivity contribution is 9.11. The third kappa shape index (κ3) is 5.41. The number of rotatable bonds is 8. The van der Waals surface area contributed by atoms with Gasteiger partial charge >= 0.3 is 0 Å². The van der Waals surface area contributed by atoms with E-state index < -0.39 is 0 Å². The molecule has 1 N–H and O–H groups in total. The monoisotopic (exact) mass is 425 g/mol. The zero-order valence-corrected chi connectivity index (χ0v) is 15.9. The van der Waals surface area contributed by atoms with Gasteiger partial charge < -0.3 is 10.1 Å². The molecule has 0 unspecified atom stereocenters. The van der Waals surface area contributed by atoms with Crippen molar-refractivity contribution in [3.8, 4) is 5.75 Å². The van der Waals surface area contributed by atoms with Crippen LogP contribution in [0.1, 0.15) is 30.9 Å². The van der Waals surface area contributed by atoms with Gasteiger partial charge in [0.05, 0.1) is 8.95 Å². The van der Waals surface area contributed by atoms with Gasteiger partial charge in [0.25, 0.3) is 0 Å². The van der Waals surface area contributed by atoms with E-state index >= 15 is 0 Å². The molecule has 22 heavy (non-hydrogen) atoms. The van der Waals surface area contributed by atoms with Crippen LogP contribution in [0.15, 0.2) is 51.4 Å². The molecular formula is C18H21Br2NO. The molecule has 0 spiro atoms. The third-order valence-corrected chi connectivity index (χ3v) is 4.50. The summed E-state index contributed by atoms with van der Waals surface area (Å²) in [5.41, 5.74) is 2.40. The van der Waals surface area contributed by atoms with Crippen molar-refractivity contribution in [1.29, 1.82) is 0 Å². The van der Waals surface area contributed by atoms with Crippen LogP contribution in [-0.2, 0) is 13.2 Å². The minimum Gasteiger partial charge on any atom is -0.487 e. The van der Waals surface area contributed by atoms with Gasteiger partial charge in [0, 0.05) is 6.54 Å². The van der Waals surface area contributed by atoms with Crippen molar-refractivity contribution < 1.29 is 4.74 Å². The van der Waals surface area contributed by atoms with Crippen molar-refractivity contribution in [3.05, 3.63) is 62.5 Å². The van der Waals surface area contributed by atoms with Crippen molar-refractivity contribution in [3.63, 3.8) is 0 Å². The van der Waals surface area contributed by atoms with Gasteiger partial charge in [-0.05, 0) is 68.1 Å². The van der Waals surface area contributed by atoms with E-state index in [2.05, 4.69) is 68.4 Å². The molecule has 0 heterocycles. The van der Waals surface area contributed by atoms with E-state index in [1.165, 1.54) is 18.4 Å². The molecular weight excluding hydrogens is 406 g/mol. The molecule has 0 radical (unpaired) electrons. The molecule has 0 aliphatic heterocycles. The second kappa shape index (κ2) is 9.33. The third-order valence-electron chi connectivity index (χ3n) is 3.32. The fourth-order valence-electron chi connectivity index (χ4n) is 2.12. The van der Waals surface area contributed by atoms with E-state index in [0.717, 1.165) is 33.3 Å². The smallest absolute Gasteiger partial charge is 0.148 e. The zero-order chi connectivity index (χ0) is 15.8. The Labute approximate surface area is 149 Å². The molecule has 0 amide bonds. The molecule has 0 saturated heterocycles. The maximum Gasteiger partial charge on any atom is 0.148 e. The minimum absolute atomic E-state index is 0.562. The molecule has 2 aromatic carbocycles. The molecule has 0 aliphatic rings. The van der Waals surface area contributed by atoms with E-state index in [4.69, 9.17) is 4.74 Å². The number of nitrogens with one attached hydrogen (secondary N) is 1. The van der Waals surface area contributed by atoms with E-state index in [1.54, 1.807) is 0 Å². The number of unbranched alkanes of at least 4 members (excludes halogenated alkanes) is 1. The van der Waals surface area contributed by atoms with Gasteiger partial charge in [-0.2, -0.15) is 0 Å². The molecule has 2 aromatic rings. The Morgan fingerprint density at radius 3 is 2.32 bits per heavy atom. The molecule has 4 heteroatoms. The lowest BCUT2D eigenvalue weighted by Crippen LogP contribution is -2.14. The lowest BCUT2D eigenvalue weighted by molar-refractivity contribution is 0.302. The molecule has 0 aliphatic carbocycles. The SMILES string of the molecule is CCCCNCc1cc(Br)c(OCc2ccccc2)c(Br)c1. The maximum atomic E-state index is 5.94. The molecule has 0 saturated carbocycles. The topological polar surface area (TPSA) is 21.3 Å². The fraction of sp³-hybridized carbons (Fsp3) is 0.333. The van der Waals surface area contributed by atoms with Gasteiger partial charge in [0.2, 0.25) is 0 Å². The Morgan fingerprint density at radius 2 is 1.68 bits per heavy atom. The summed E-state index contributed by atoms with van der Waals surface area (Å²) >= 11 is 7.22. The minimum atomic E-state index is 0.562. The summed E-state index contributed by atoms with van der Waals surface area (Å²) in [6, 6.07) is 14.4. The van der Waals surface area contributed by atoms with E-state index in [1.807, 2.05) is 18.2 Å². The number of benzene rings is 2. The first-order valence-corrected chi connectivity index (χ1v) is 9.14. The first kappa shape index (κ1) is 17.5. The lowest BCUT2D eigenvalue weighted by Gasteiger charge is -2.13. The molecule has 2 nitrogen and oxygen atoms in total. The van der Waals surface area contributed by atoms with Crippen LogP contribution < -0.4 is 10.1 Å². The average molecular weight is 427 g/mol. The van der Waals surface area contributed by atoms with Gasteiger partial charge in [0.1, 0.15) is 12.4 Å². The van der Waals surface area contributed by atoms with Gasteiger partial charge in [-0.1, -0.05) is 43.7 Å². The Morgan fingerprint density at radius 1 is 1.00 bits per heavy atom. The Bertz CT molecular complexity index is 564. The number of ether oxygens (including phenoxy) is 1. The second-order valence-electron chi connectivity index (χ2n) is 5.19. The van der Waals surface area contributed by atoms with Crippen molar-refractivity contribution in [2.24, 2.45) is 0 Å². The van der Waals surface area contributed by atoms with Crippen molar-refractivity contribution >= 4 is 31.9 Å². The van der Waals surface area contributed by atoms with Gasteiger partial charge in [0.15, 0.2) is 0 Å². The summed E-state index contributed by atoms with van der Waals surface area (Å²) in [6.45, 7) is 4.69. The normalized spacial score (nSPS) is 10.7. The molecule has 0 aromatic heterocycles. The van der Waals surface area contributed by atoms with E-state index in [-0.39, 0.29) is 0 Å². The largest absolute Gasteiger partial charge is 0.487 e. The first-order chi connectivity index (χ1) is 10.7. The Hall–Kier alpha value is -0.840. The lowest BCUT2D eigenvalue weighted by atomic mass is 10.2. The van der Waals surface area contributed by atoms with Crippen LogP contribution in [0.25, 0.3) is 0 Å². The summed E-state index contributed by atoms with van der Waals surface area (Å²) in [6.07, 6.45) is 2.42. The summed E-state index contributed by atoms with van der Waals surface area (Å²) in [5, 5.41) is 3.45. The predicted molar refractivity (Wildman–Crippen MR) is 99.2 cm³/mol. The molecule has 118 valence electrons. The summed E-state index contributed by atoms with van der Waals surface area (Å²) in [5.74, 6) is 0.848. The van der Waals surface area contributed by atoms with Gasteiger partial charge in [-0.25, -0.2) is 0 Å². The van der Waals surface area contributed by atoms with Crippen LogP contribution in [0.4, 0.5) is 0 Å². The van der Waals surface area contributed by atoms with Crippen molar-refractivity contribution in [1.82, 2.24) is 5.32 Å². The highest BCUT2D eigenvalue weighted by atomic mass is 79.9. The highest BCUT2D eigenvalue weighted by Crippen LogP contribution is 2.35. The number of halogens is 2. The van der Waals surface area contributed by atoms with Crippen LogP contribution >= 0.6 is 31.9 Å². The number of hydrogen-bond acceptors (Lipinski definition) is 2. The predicted octanol–water partition coefficient (Wildman–Crippen LogP) is 5.68.